The molecule has 2 heterocycles. The topological polar surface area (TPSA) is 17.8 Å². The van der Waals surface area contributed by atoms with Crippen molar-refractivity contribution >= 4 is 11.0 Å². The van der Waals surface area contributed by atoms with Crippen LogP contribution in [0, 0.1) is 0 Å². The quantitative estimate of drug-likeness (QED) is 0.684. The van der Waals surface area contributed by atoms with E-state index in [1.807, 2.05) is 12.3 Å². The van der Waals surface area contributed by atoms with E-state index >= 15 is 0 Å². The minimum Gasteiger partial charge on any atom is -0.330 e. The zero-order chi connectivity index (χ0) is 9.26. The van der Waals surface area contributed by atoms with Crippen molar-refractivity contribution in [3.05, 3.63) is 30.6 Å². The molecule has 0 saturated carbocycles. The Morgan fingerprint density at radius 1 is 1.46 bits per heavy atom. The van der Waals surface area contributed by atoms with Crippen LogP contribution < -0.4 is 0 Å². The summed E-state index contributed by atoms with van der Waals surface area (Å²) in [5.41, 5.74) is 1.09. The zero-order valence-electron chi connectivity index (χ0n) is 8.07. The molecule has 68 valence electrons. The Morgan fingerprint density at radius 2 is 2.31 bits per heavy atom. The molecule has 1 unspecified atom stereocenters. The normalized spacial score (nSPS) is 13.4. The highest BCUT2D eigenvalue weighted by Gasteiger charge is 2.05. The van der Waals surface area contributed by atoms with Gasteiger partial charge < -0.3 is 4.57 Å². The standard InChI is InChI=1S/C11H14N2/c1-3-9(2)13-8-6-10-5-4-7-12-11(10)13/h4-9H,3H2,1-2H3. The average molecular weight is 174 g/mol. The fourth-order valence-electron chi connectivity index (χ4n) is 1.54. The van der Waals surface area contributed by atoms with Gasteiger partial charge in [-0.1, -0.05) is 6.92 Å². The Bertz CT molecular complexity index is 403. The van der Waals surface area contributed by atoms with E-state index in [1.165, 1.54) is 5.39 Å². The van der Waals surface area contributed by atoms with Crippen molar-refractivity contribution in [1.29, 1.82) is 0 Å². The second-order valence-electron chi connectivity index (χ2n) is 3.40. The molecule has 1 atom stereocenters. The van der Waals surface area contributed by atoms with Crippen LogP contribution in [-0.4, -0.2) is 9.55 Å². The van der Waals surface area contributed by atoms with Gasteiger partial charge in [-0.3, -0.25) is 0 Å². The highest BCUT2D eigenvalue weighted by molar-refractivity contribution is 5.75. The van der Waals surface area contributed by atoms with Crippen LogP contribution in [0.2, 0.25) is 0 Å². The molecule has 0 bridgehead atoms. The van der Waals surface area contributed by atoms with Crippen LogP contribution in [-0.2, 0) is 0 Å². The molecule has 2 heteroatoms. The van der Waals surface area contributed by atoms with Crippen molar-refractivity contribution in [3.8, 4) is 0 Å². The van der Waals surface area contributed by atoms with Crippen LogP contribution in [0.5, 0.6) is 0 Å². The Hall–Kier alpha value is -1.31. The Labute approximate surface area is 78.2 Å². The maximum absolute atomic E-state index is 4.37. The molecular weight excluding hydrogens is 160 g/mol. The first kappa shape index (κ1) is 8.30. The van der Waals surface area contributed by atoms with E-state index in [9.17, 15) is 0 Å². The van der Waals surface area contributed by atoms with Gasteiger partial charge in [0, 0.05) is 23.8 Å². The van der Waals surface area contributed by atoms with Gasteiger partial charge in [0.05, 0.1) is 0 Å². The Balaban J connectivity index is 2.57. The molecule has 2 nitrogen and oxygen atoms in total. The van der Waals surface area contributed by atoms with E-state index in [0.717, 1.165) is 12.1 Å². The molecule has 0 spiro atoms. The molecular formula is C11H14N2. The molecule has 2 aromatic rings. The van der Waals surface area contributed by atoms with Gasteiger partial charge in [-0.2, -0.15) is 0 Å². The summed E-state index contributed by atoms with van der Waals surface area (Å²) in [5, 5.41) is 1.22. The van der Waals surface area contributed by atoms with Crippen LogP contribution in [0.25, 0.3) is 11.0 Å². The molecule has 0 saturated heterocycles. The van der Waals surface area contributed by atoms with Crippen LogP contribution in [0.1, 0.15) is 26.3 Å². The summed E-state index contributed by atoms with van der Waals surface area (Å²) < 4.78 is 2.23. The summed E-state index contributed by atoms with van der Waals surface area (Å²) in [6.45, 7) is 4.41. The van der Waals surface area contributed by atoms with Gasteiger partial charge in [0.15, 0.2) is 0 Å². The fraction of sp³-hybridized carbons (Fsp3) is 0.364. The van der Waals surface area contributed by atoms with E-state index in [4.69, 9.17) is 0 Å². The summed E-state index contributed by atoms with van der Waals surface area (Å²) in [7, 11) is 0. The van der Waals surface area contributed by atoms with E-state index in [2.05, 4.69) is 41.7 Å². The number of nitrogens with zero attached hydrogens (tertiary/aromatic N) is 2. The van der Waals surface area contributed by atoms with Gasteiger partial charge in [-0.05, 0) is 31.5 Å². The minimum atomic E-state index is 0.535. The van der Waals surface area contributed by atoms with Crippen molar-refractivity contribution < 1.29 is 0 Å². The lowest BCUT2D eigenvalue weighted by atomic mass is 10.2. The van der Waals surface area contributed by atoms with Crippen LogP contribution in [0.4, 0.5) is 0 Å². The predicted molar refractivity (Wildman–Crippen MR) is 54.7 cm³/mol. The van der Waals surface area contributed by atoms with Gasteiger partial charge in [-0.25, -0.2) is 4.98 Å². The molecule has 0 aliphatic heterocycles. The lowest BCUT2D eigenvalue weighted by Crippen LogP contribution is -2.02. The Morgan fingerprint density at radius 3 is 3.08 bits per heavy atom. The van der Waals surface area contributed by atoms with Crippen molar-refractivity contribution in [1.82, 2.24) is 9.55 Å². The number of aromatic nitrogens is 2. The smallest absolute Gasteiger partial charge is 0.140 e. The molecule has 0 radical (unpaired) electrons. The summed E-state index contributed by atoms with van der Waals surface area (Å²) in [6.07, 6.45) is 5.10. The molecule has 2 aromatic heterocycles. The first-order valence-electron chi connectivity index (χ1n) is 4.74. The first-order valence-corrected chi connectivity index (χ1v) is 4.74. The average Bonchev–Trinajstić information content (AvgIpc) is 2.60. The number of hydrogen-bond donors (Lipinski definition) is 0. The molecule has 0 N–H and O–H groups in total. The van der Waals surface area contributed by atoms with E-state index < -0.39 is 0 Å². The van der Waals surface area contributed by atoms with Crippen LogP contribution >= 0.6 is 0 Å². The van der Waals surface area contributed by atoms with Crippen molar-refractivity contribution in [2.75, 3.05) is 0 Å². The van der Waals surface area contributed by atoms with Crippen LogP contribution in [0.3, 0.4) is 0 Å². The third-order valence-corrected chi connectivity index (χ3v) is 2.54. The predicted octanol–water partition coefficient (Wildman–Crippen LogP) is 3.01. The van der Waals surface area contributed by atoms with Crippen LogP contribution in [0.15, 0.2) is 30.6 Å². The molecule has 0 fully saturated rings. The van der Waals surface area contributed by atoms with Crippen molar-refractivity contribution in [2.24, 2.45) is 0 Å². The molecule has 0 aromatic carbocycles. The number of rotatable bonds is 2. The zero-order valence-corrected chi connectivity index (χ0v) is 8.07. The van der Waals surface area contributed by atoms with Gasteiger partial charge in [0.1, 0.15) is 5.65 Å². The third kappa shape index (κ3) is 1.32. The first-order chi connectivity index (χ1) is 6.33. The molecule has 0 amide bonds. The van der Waals surface area contributed by atoms with E-state index in [-0.39, 0.29) is 0 Å². The lowest BCUT2D eigenvalue weighted by molar-refractivity contribution is 0.545. The number of fused-ring (bicyclic) bond motifs is 1. The van der Waals surface area contributed by atoms with Crippen molar-refractivity contribution in [2.45, 2.75) is 26.3 Å². The Kier molecular flexibility index (Phi) is 2.05. The molecule has 0 aliphatic carbocycles. The molecule has 13 heavy (non-hydrogen) atoms. The number of hydrogen-bond acceptors (Lipinski definition) is 1. The summed E-state index contributed by atoms with van der Waals surface area (Å²) >= 11 is 0. The maximum Gasteiger partial charge on any atom is 0.140 e. The SMILES string of the molecule is CCC(C)n1ccc2cccnc21. The molecule has 2 rings (SSSR count). The van der Waals surface area contributed by atoms with Gasteiger partial charge in [-0.15, -0.1) is 0 Å². The second-order valence-corrected chi connectivity index (χ2v) is 3.40. The van der Waals surface area contributed by atoms with E-state index in [0.29, 0.717) is 6.04 Å². The maximum atomic E-state index is 4.37. The second kappa shape index (κ2) is 3.21. The highest BCUT2D eigenvalue weighted by atomic mass is 15.0. The third-order valence-electron chi connectivity index (χ3n) is 2.54. The van der Waals surface area contributed by atoms with Gasteiger partial charge in [0.2, 0.25) is 0 Å². The van der Waals surface area contributed by atoms with Gasteiger partial charge in [0.25, 0.3) is 0 Å². The lowest BCUT2D eigenvalue weighted by Gasteiger charge is -2.11. The van der Waals surface area contributed by atoms with Gasteiger partial charge >= 0.3 is 0 Å². The van der Waals surface area contributed by atoms with E-state index in [1.54, 1.807) is 0 Å². The monoisotopic (exact) mass is 174 g/mol. The highest BCUT2D eigenvalue weighted by Crippen LogP contribution is 2.19. The minimum absolute atomic E-state index is 0.535. The largest absolute Gasteiger partial charge is 0.330 e. The number of pyridine rings is 1. The fourth-order valence-corrected chi connectivity index (χ4v) is 1.54. The summed E-state index contributed by atoms with van der Waals surface area (Å²) in [4.78, 5) is 4.37. The summed E-state index contributed by atoms with van der Waals surface area (Å²) in [6, 6.07) is 6.73. The van der Waals surface area contributed by atoms with Crippen molar-refractivity contribution in [3.63, 3.8) is 0 Å². The summed E-state index contributed by atoms with van der Waals surface area (Å²) in [5.74, 6) is 0. The molecule has 0 aliphatic rings.